The fourth-order valence-electron chi connectivity index (χ4n) is 1.68. The summed E-state index contributed by atoms with van der Waals surface area (Å²) in [5.74, 6) is 1.40. The van der Waals surface area contributed by atoms with E-state index in [-0.39, 0.29) is 11.4 Å². The number of benzene rings is 1. The summed E-state index contributed by atoms with van der Waals surface area (Å²) < 4.78 is 1.43. The SMILES string of the molecule is Nc1cc(=O)[nH]c2nc(SCc3ccccc3)nn12. The first-order valence-electron chi connectivity index (χ1n) is 5.65. The highest BCUT2D eigenvalue weighted by Crippen LogP contribution is 2.19. The minimum Gasteiger partial charge on any atom is -0.383 e. The number of H-pyrrole nitrogens is 1. The number of hydrogen-bond donors (Lipinski definition) is 2. The highest BCUT2D eigenvalue weighted by molar-refractivity contribution is 7.98. The van der Waals surface area contributed by atoms with Gasteiger partial charge in [0.05, 0.1) is 0 Å². The lowest BCUT2D eigenvalue weighted by molar-refractivity contribution is 0.886. The van der Waals surface area contributed by atoms with E-state index < -0.39 is 0 Å². The molecule has 7 heteroatoms. The summed E-state index contributed by atoms with van der Waals surface area (Å²) in [5, 5.41) is 4.82. The van der Waals surface area contributed by atoms with Crippen LogP contribution in [0.1, 0.15) is 5.56 Å². The van der Waals surface area contributed by atoms with Crippen molar-refractivity contribution in [3.8, 4) is 0 Å². The summed E-state index contributed by atoms with van der Waals surface area (Å²) in [4.78, 5) is 18.1. The number of nitrogen functional groups attached to an aromatic ring is 1. The number of nitrogens with one attached hydrogen (secondary N) is 1. The standard InChI is InChI=1S/C12H11N5OS/c13-9-6-10(18)14-11-15-12(16-17(9)11)19-7-8-4-2-1-3-5-8/h1-6H,7,13H2,(H,14,15,16,18). The summed E-state index contributed by atoms with van der Waals surface area (Å²) in [6, 6.07) is 11.3. The summed E-state index contributed by atoms with van der Waals surface area (Å²) >= 11 is 1.49. The van der Waals surface area contributed by atoms with E-state index in [1.807, 2.05) is 30.3 Å². The van der Waals surface area contributed by atoms with Crippen molar-refractivity contribution >= 4 is 23.4 Å². The number of rotatable bonds is 3. The van der Waals surface area contributed by atoms with Gasteiger partial charge in [-0.3, -0.25) is 9.78 Å². The van der Waals surface area contributed by atoms with Crippen molar-refractivity contribution in [2.24, 2.45) is 0 Å². The van der Waals surface area contributed by atoms with Crippen molar-refractivity contribution in [1.29, 1.82) is 0 Å². The smallest absolute Gasteiger partial charge is 0.254 e. The van der Waals surface area contributed by atoms with Crippen LogP contribution in [-0.2, 0) is 5.75 Å². The van der Waals surface area contributed by atoms with Crippen LogP contribution in [0.3, 0.4) is 0 Å². The Hall–Kier alpha value is -2.28. The molecule has 0 saturated heterocycles. The number of nitrogens with zero attached hydrogens (tertiary/aromatic N) is 3. The Balaban J connectivity index is 1.86. The molecule has 3 N–H and O–H groups in total. The predicted molar refractivity (Wildman–Crippen MR) is 74.0 cm³/mol. The van der Waals surface area contributed by atoms with Gasteiger partial charge in [-0.05, 0) is 5.56 Å². The minimum atomic E-state index is -0.281. The third kappa shape index (κ3) is 2.45. The predicted octanol–water partition coefficient (Wildman–Crippen LogP) is 1.29. The zero-order valence-corrected chi connectivity index (χ0v) is 10.7. The maximum atomic E-state index is 11.3. The Morgan fingerprint density at radius 3 is 2.89 bits per heavy atom. The van der Waals surface area contributed by atoms with Crippen molar-refractivity contribution < 1.29 is 0 Å². The second-order valence-electron chi connectivity index (χ2n) is 3.96. The van der Waals surface area contributed by atoms with E-state index in [0.717, 1.165) is 5.75 Å². The molecule has 6 nitrogen and oxygen atoms in total. The molecule has 2 heterocycles. The summed E-state index contributed by atoms with van der Waals surface area (Å²) in [7, 11) is 0. The highest BCUT2D eigenvalue weighted by Gasteiger charge is 2.07. The molecule has 1 aromatic carbocycles. The van der Waals surface area contributed by atoms with Crippen LogP contribution in [0.15, 0.2) is 46.3 Å². The van der Waals surface area contributed by atoms with Crippen LogP contribution >= 0.6 is 11.8 Å². The van der Waals surface area contributed by atoms with Crippen LogP contribution in [0.25, 0.3) is 5.78 Å². The first-order chi connectivity index (χ1) is 9.22. The van der Waals surface area contributed by atoms with Gasteiger partial charge in [-0.25, -0.2) is 0 Å². The third-order valence-electron chi connectivity index (χ3n) is 2.56. The van der Waals surface area contributed by atoms with Gasteiger partial charge >= 0.3 is 0 Å². The van der Waals surface area contributed by atoms with Crippen molar-refractivity contribution in [1.82, 2.24) is 19.6 Å². The van der Waals surface area contributed by atoms with Gasteiger partial charge in [0.2, 0.25) is 10.9 Å². The fourth-order valence-corrected chi connectivity index (χ4v) is 2.46. The minimum absolute atomic E-state index is 0.276. The van der Waals surface area contributed by atoms with Crippen molar-refractivity contribution in [3.05, 3.63) is 52.3 Å². The third-order valence-corrected chi connectivity index (χ3v) is 3.47. The molecule has 2 aromatic heterocycles. The van der Waals surface area contributed by atoms with E-state index in [1.165, 1.54) is 27.9 Å². The van der Waals surface area contributed by atoms with Gasteiger partial charge in [-0.15, -0.1) is 5.10 Å². The topological polar surface area (TPSA) is 89.1 Å². The Morgan fingerprint density at radius 1 is 1.32 bits per heavy atom. The molecule has 0 atom stereocenters. The molecular weight excluding hydrogens is 262 g/mol. The van der Waals surface area contributed by atoms with Crippen LogP contribution < -0.4 is 11.3 Å². The first-order valence-corrected chi connectivity index (χ1v) is 6.63. The van der Waals surface area contributed by atoms with E-state index in [2.05, 4.69) is 15.1 Å². The lowest BCUT2D eigenvalue weighted by Crippen LogP contribution is -2.11. The second kappa shape index (κ2) is 4.77. The molecule has 3 rings (SSSR count). The van der Waals surface area contributed by atoms with Crippen LogP contribution in [0.2, 0.25) is 0 Å². The molecule has 0 radical (unpaired) electrons. The number of anilines is 1. The number of aromatic amines is 1. The Bertz CT molecular complexity index is 765. The molecule has 3 aromatic rings. The summed E-state index contributed by atoms with van der Waals surface area (Å²) in [6.45, 7) is 0. The largest absolute Gasteiger partial charge is 0.383 e. The average molecular weight is 273 g/mol. The molecule has 0 saturated carbocycles. The molecule has 0 aliphatic heterocycles. The average Bonchev–Trinajstić information content (AvgIpc) is 2.81. The zero-order valence-electron chi connectivity index (χ0n) is 9.91. The second-order valence-corrected chi connectivity index (χ2v) is 4.91. The van der Waals surface area contributed by atoms with E-state index in [0.29, 0.717) is 10.9 Å². The van der Waals surface area contributed by atoms with Gasteiger partial charge < -0.3 is 5.73 Å². The fraction of sp³-hybridized carbons (Fsp3) is 0.0833. The van der Waals surface area contributed by atoms with Gasteiger partial charge in [0.1, 0.15) is 5.82 Å². The number of aromatic nitrogens is 4. The Kier molecular flexibility index (Phi) is 2.96. The normalized spacial score (nSPS) is 10.9. The highest BCUT2D eigenvalue weighted by atomic mass is 32.2. The molecule has 0 unspecified atom stereocenters. The van der Waals surface area contributed by atoms with E-state index in [4.69, 9.17) is 5.73 Å². The molecule has 0 bridgehead atoms. The quantitative estimate of drug-likeness (QED) is 0.702. The molecule has 0 aliphatic rings. The van der Waals surface area contributed by atoms with Crippen molar-refractivity contribution in [2.75, 3.05) is 5.73 Å². The summed E-state index contributed by atoms with van der Waals surface area (Å²) in [6.07, 6.45) is 0. The molecule has 96 valence electrons. The zero-order chi connectivity index (χ0) is 13.2. The van der Waals surface area contributed by atoms with E-state index in [9.17, 15) is 4.79 Å². The monoisotopic (exact) mass is 273 g/mol. The van der Waals surface area contributed by atoms with E-state index in [1.54, 1.807) is 0 Å². The molecular formula is C12H11N5OS. The summed E-state index contributed by atoms with van der Waals surface area (Å²) in [5.41, 5.74) is 6.62. The van der Waals surface area contributed by atoms with Gasteiger partial charge in [0, 0.05) is 11.8 Å². The molecule has 0 amide bonds. The van der Waals surface area contributed by atoms with Crippen LogP contribution in [0.4, 0.5) is 5.82 Å². The first kappa shape index (κ1) is 11.8. The van der Waals surface area contributed by atoms with Crippen LogP contribution in [0.5, 0.6) is 0 Å². The molecule has 19 heavy (non-hydrogen) atoms. The lowest BCUT2D eigenvalue weighted by atomic mass is 10.2. The lowest BCUT2D eigenvalue weighted by Gasteiger charge is -1.96. The van der Waals surface area contributed by atoms with Gasteiger partial charge in [0.15, 0.2) is 0 Å². The molecule has 0 spiro atoms. The van der Waals surface area contributed by atoms with Crippen molar-refractivity contribution in [3.63, 3.8) is 0 Å². The maximum absolute atomic E-state index is 11.3. The maximum Gasteiger partial charge on any atom is 0.254 e. The van der Waals surface area contributed by atoms with E-state index >= 15 is 0 Å². The van der Waals surface area contributed by atoms with Crippen LogP contribution in [-0.4, -0.2) is 19.6 Å². The number of nitrogens with two attached hydrogens (primary N) is 1. The van der Waals surface area contributed by atoms with Gasteiger partial charge in [-0.1, -0.05) is 42.1 Å². The Morgan fingerprint density at radius 2 is 2.11 bits per heavy atom. The Labute approximate surface area is 112 Å². The van der Waals surface area contributed by atoms with Gasteiger partial charge in [0.25, 0.3) is 5.56 Å². The number of fused-ring (bicyclic) bond motifs is 1. The van der Waals surface area contributed by atoms with Gasteiger partial charge in [-0.2, -0.15) is 9.50 Å². The number of thioether (sulfide) groups is 1. The van der Waals surface area contributed by atoms with Crippen molar-refractivity contribution in [2.45, 2.75) is 10.9 Å². The number of hydrogen-bond acceptors (Lipinski definition) is 5. The van der Waals surface area contributed by atoms with Crippen LogP contribution in [0, 0.1) is 0 Å². The molecule has 0 aliphatic carbocycles. The molecule has 0 fully saturated rings.